The van der Waals surface area contributed by atoms with Gasteiger partial charge in [0.25, 0.3) is 5.91 Å². The van der Waals surface area contributed by atoms with Crippen molar-refractivity contribution >= 4 is 41.1 Å². The molecule has 0 spiro atoms. The van der Waals surface area contributed by atoms with E-state index in [-0.39, 0.29) is 12.5 Å². The van der Waals surface area contributed by atoms with Crippen LogP contribution in [0.1, 0.15) is 27.4 Å². The number of esters is 1. The molecular formula is C22H22N2O4S2. The topological polar surface area (TPSA) is 81.4 Å². The van der Waals surface area contributed by atoms with E-state index >= 15 is 0 Å². The van der Waals surface area contributed by atoms with Crippen molar-refractivity contribution in [3.05, 3.63) is 71.1 Å². The molecule has 156 valence electrons. The molecular weight excluding hydrogens is 420 g/mol. The van der Waals surface area contributed by atoms with Crippen LogP contribution in [0.3, 0.4) is 0 Å². The number of aryl methyl sites for hydroxylation is 2. The third-order valence-electron chi connectivity index (χ3n) is 4.37. The molecule has 0 saturated heterocycles. The molecule has 0 unspecified atom stereocenters. The molecule has 0 aliphatic heterocycles. The van der Waals surface area contributed by atoms with Crippen molar-refractivity contribution in [2.75, 3.05) is 18.2 Å². The van der Waals surface area contributed by atoms with Gasteiger partial charge in [0, 0.05) is 26.8 Å². The Balaban J connectivity index is 1.57. The maximum atomic E-state index is 12.6. The van der Waals surface area contributed by atoms with E-state index in [4.69, 9.17) is 9.26 Å². The molecule has 0 bridgehead atoms. The summed E-state index contributed by atoms with van der Waals surface area (Å²) in [6.45, 7) is 3.40. The summed E-state index contributed by atoms with van der Waals surface area (Å²) in [7, 11) is 0. The molecule has 0 radical (unpaired) electrons. The summed E-state index contributed by atoms with van der Waals surface area (Å²) in [5, 5.41) is 6.68. The Morgan fingerprint density at radius 1 is 1.10 bits per heavy atom. The van der Waals surface area contributed by atoms with Crippen LogP contribution in [0.4, 0.5) is 5.69 Å². The minimum Gasteiger partial charge on any atom is -0.452 e. The number of nitrogens with one attached hydrogen (secondary N) is 1. The van der Waals surface area contributed by atoms with Crippen molar-refractivity contribution in [2.24, 2.45) is 0 Å². The fraction of sp³-hybridized carbons (Fsp3) is 0.227. The number of carbonyl (C=O) groups excluding carboxylic acids is 2. The van der Waals surface area contributed by atoms with Gasteiger partial charge in [-0.15, -0.1) is 23.5 Å². The maximum Gasteiger partial charge on any atom is 0.339 e. The quantitative estimate of drug-likeness (QED) is 0.384. The summed E-state index contributed by atoms with van der Waals surface area (Å²) in [6.07, 6.45) is 1.98. The predicted octanol–water partition coefficient (Wildman–Crippen LogP) is 5.10. The Morgan fingerprint density at radius 2 is 1.83 bits per heavy atom. The summed E-state index contributed by atoms with van der Waals surface area (Å²) >= 11 is 3.12. The molecule has 6 nitrogen and oxygen atoms in total. The van der Waals surface area contributed by atoms with Gasteiger partial charge in [0.1, 0.15) is 5.76 Å². The number of amides is 1. The summed E-state index contributed by atoms with van der Waals surface area (Å²) in [6, 6.07) is 14.6. The van der Waals surface area contributed by atoms with Crippen LogP contribution in [0.5, 0.6) is 0 Å². The number of hydrogen-bond donors (Lipinski definition) is 1. The first-order valence-corrected chi connectivity index (χ1v) is 11.4. The lowest BCUT2D eigenvalue weighted by Crippen LogP contribution is -2.21. The predicted molar refractivity (Wildman–Crippen MR) is 119 cm³/mol. The minimum atomic E-state index is -0.537. The van der Waals surface area contributed by atoms with E-state index in [1.165, 1.54) is 11.8 Å². The Labute approximate surface area is 183 Å². The number of ether oxygens (including phenoxy) is 1. The normalized spacial score (nSPS) is 10.6. The zero-order chi connectivity index (χ0) is 21.5. The van der Waals surface area contributed by atoms with Crippen molar-refractivity contribution in [3.8, 4) is 0 Å². The number of nitrogens with zero attached hydrogens (tertiary/aromatic N) is 1. The van der Waals surface area contributed by atoms with E-state index in [1.807, 2.05) is 56.5 Å². The monoisotopic (exact) mass is 442 g/mol. The standard InChI is InChI=1S/C22H22N2O4S2/c1-14-19(15(2)28-24-14)13-30-20-7-5-4-6-18(20)22(26)27-12-21(25)23-16-8-10-17(29-3)11-9-16/h4-11H,12-13H2,1-3H3,(H,23,25). The van der Waals surface area contributed by atoms with Gasteiger partial charge in [-0.2, -0.15) is 0 Å². The molecule has 2 aromatic carbocycles. The average Bonchev–Trinajstić information content (AvgIpc) is 3.08. The van der Waals surface area contributed by atoms with Crippen molar-refractivity contribution in [2.45, 2.75) is 29.4 Å². The highest BCUT2D eigenvalue weighted by atomic mass is 32.2. The highest BCUT2D eigenvalue weighted by Gasteiger charge is 2.16. The molecule has 3 rings (SSSR count). The third-order valence-corrected chi connectivity index (χ3v) is 6.21. The van der Waals surface area contributed by atoms with Gasteiger partial charge in [0.2, 0.25) is 0 Å². The molecule has 8 heteroatoms. The van der Waals surface area contributed by atoms with Gasteiger partial charge in [0.05, 0.1) is 11.3 Å². The number of carbonyl (C=O) groups is 2. The smallest absolute Gasteiger partial charge is 0.339 e. The van der Waals surface area contributed by atoms with E-state index in [1.54, 1.807) is 23.9 Å². The summed E-state index contributed by atoms with van der Waals surface area (Å²) in [5.41, 5.74) is 2.92. The molecule has 0 atom stereocenters. The van der Waals surface area contributed by atoms with Crippen LogP contribution in [0.25, 0.3) is 0 Å². The van der Waals surface area contributed by atoms with Gasteiger partial charge in [-0.1, -0.05) is 17.3 Å². The summed E-state index contributed by atoms with van der Waals surface area (Å²) in [4.78, 5) is 26.6. The van der Waals surface area contributed by atoms with Crippen molar-refractivity contribution in [1.29, 1.82) is 0 Å². The Hall–Kier alpha value is -2.71. The van der Waals surface area contributed by atoms with E-state index in [0.717, 1.165) is 26.8 Å². The number of benzene rings is 2. The molecule has 3 aromatic rings. The van der Waals surface area contributed by atoms with Gasteiger partial charge >= 0.3 is 5.97 Å². The van der Waals surface area contributed by atoms with Gasteiger partial charge in [0.15, 0.2) is 6.61 Å². The lowest BCUT2D eigenvalue weighted by Gasteiger charge is -2.10. The molecule has 0 saturated carbocycles. The largest absolute Gasteiger partial charge is 0.452 e. The fourth-order valence-corrected chi connectivity index (χ4v) is 4.30. The number of hydrogen-bond acceptors (Lipinski definition) is 7. The second-order valence-corrected chi connectivity index (χ2v) is 8.34. The van der Waals surface area contributed by atoms with Crippen LogP contribution in [0.2, 0.25) is 0 Å². The number of rotatable bonds is 8. The Bertz CT molecular complexity index is 1010. The Morgan fingerprint density at radius 3 is 2.50 bits per heavy atom. The van der Waals surface area contributed by atoms with E-state index in [2.05, 4.69) is 10.5 Å². The van der Waals surface area contributed by atoms with Crippen LogP contribution in [0, 0.1) is 13.8 Å². The number of anilines is 1. The molecule has 0 aliphatic rings. The van der Waals surface area contributed by atoms with Gasteiger partial charge in [-0.3, -0.25) is 4.79 Å². The molecule has 0 fully saturated rings. The highest BCUT2D eigenvalue weighted by Crippen LogP contribution is 2.29. The molecule has 1 amide bonds. The van der Waals surface area contributed by atoms with Crippen molar-refractivity contribution in [3.63, 3.8) is 0 Å². The van der Waals surface area contributed by atoms with Gasteiger partial charge < -0.3 is 14.6 Å². The van der Waals surface area contributed by atoms with Crippen LogP contribution < -0.4 is 5.32 Å². The SMILES string of the molecule is CSc1ccc(NC(=O)COC(=O)c2ccccc2SCc2c(C)noc2C)cc1. The van der Waals surface area contributed by atoms with Crippen LogP contribution in [0.15, 0.2) is 62.8 Å². The number of aromatic nitrogens is 1. The zero-order valence-electron chi connectivity index (χ0n) is 16.9. The van der Waals surface area contributed by atoms with Crippen LogP contribution >= 0.6 is 23.5 Å². The first kappa shape index (κ1) is 22.0. The maximum absolute atomic E-state index is 12.6. The first-order chi connectivity index (χ1) is 14.5. The minimum absolute atomic E-state index is 0.355. The second-order valence-electron chi connectivity index (χ2n) is 6.44. The molecule has 1 N–H and O–H groups in total. The number of thioether (sulfide) groups is 2. The van der Waals surface area contributed by atoms with Gasteiger partial charge in [-0.05, 0) is 56.5 Å². The summed E-state index contributed by atoms with van der Waals surface area (Å²) < 4.78 is 10.4. The van der Waals surface area contributed by atoms with E-state index < -0.39 is 5.97 Å². The molecule has 30 heavy (non-hydrogen) atoms. The summed E-state index contributed by atoms with van der Waals surface area (Å²) in [5.74, 6) is 0.464. The lowest BCUT2D eigenvalue weighted by atomic mass is 10.2. The van der Waals surface area contributed by atoms with Gasteiger partial charge in [-0.25, -0.2) is 4.79 Å². The molecule has 1 heterocycles. The van der Waals surface area contributed by atoms with Crippen LogP contribution in [-0.2, 0) is 15.3 Å². The van der Waals surface area contributed by atoms with Crippen LogP contribution in [-0.4, -0.2) is 29.9 Å². The Kier molecular flexibility index (Phi) is 7.59. The van der Waals surface area contributed by atoms with Crippen molar-refractivity contribution < 1.29 is 18.8 Å². The first-order valence-electron chi connectivity index (χ1n) is 9.22. The molecule has 0 aliphatic carbocycles. The molecule has 1 aromatic heterocycles. The zero-order valence-corrected chi connectivity index (χ0v) is 18.6. The van der Waals surface area contributed by atoms with E-state index in [0.29, 0.717) is 17.0 Å². The lowest BCUT2D eigenvalue weighted by molar-refractivity contribution is -0.119. The van der Waals surface area contributed by atoms with Crippen molar-refractivity contribution in [1.82, 2.24) is 5.16 Å². The third kappa shape index (κ3) is 5.67. The van der Waals surface area contributed by atoms with E-state index in [9.17, 15) is 9.59 Å². The highest BCUT2D eigenvalue weighted by molar-refractivity contribution is 7.98. The average molecular weight is 443 g/mol. The fourth-order valence-electron chi connectivity index (χ4n) is 2.70. The second kappa shape index (κ2) is 10.4.